The summed E-state index contributed by atoms with van der Waals surface area (Å²) in [7, 11) is 0. The molecule has 1 saturated heterocycles. The number of aliphatic hydroxyl groups excluding tert-OH is 1. The summed E-state index contributed by atoms with van der Waals surface area (Å²) in [4.78, 5) is 3.97. The maximum Gasteiger partial charge on any atom is 0.290 e. The number of hydrogen-bond acceptors (Lipinski definition) is 4. The SMILES string of the molecule is Nc1cc[n+](C2CCC(CO)O2)cn1. The molecule has 5 nitrogen and oxygen atoms in total. The molecule has 2 unspecified atom stereocenters. The molecule has 76 valence electrons. The molecule has 0 amide bonds. The van der Waals surface area contributed by atoms with Crippen LogP contribution in [0, 0.1) is 0 Å². The summed E-state index contributed by atoms with van der Waals surface area (Å²) >= 11 is 0. The highest BCUT2D eigenvalue weighted by molar-refractivity contribution is 5.21. The average Bonchev–Trinajstić information content (AvgIpc) is 2.67. The van der Waals surface area contributed by atoms with Crippen molar-refractivity contribution in [3.8, 4) is 0 Å². The van der Waals surface area contributed by atoms with Crippen LogP contribution >= 0.6 is 0 Å². The molecule has 2 atom stereocenters. The molecular formula is C9H14N3O2+. The molecule has 14 heavy (non-hydrogen) atoms. The minimum absolute atomic E-state index is 0.0137. The number of anilines is 1. The largest absolute Gasteiger partial charge is 0.394 e. The third-order valence-electron chi connectivity index (χ3n) is 2.38. The number of rotatable bonds is 2. The molecule has 0 aromatic carbocycles. The van der Waals surface area contributed by atoms with Gasteiger partial charge in [-0.1, -0.05) is 0 Å². The van der Waals surface area contributed by atoms with Crippen molar-refractivity contribution < 1.29 is 14.4 Å². The highest BCUT2D eigenvalue weighted by Gasteiger charge is 2.28. The number of nitrogens with zero attached hydrogens (tertiary/aromatic N) is 2. The maximum absolute atomic E-state index is 8.90. The van der Waals surface area contributed by atoms with Crippen LogP contribution in [0.2, 0.25) is 0 Å². The van der Waals surface area contributed by atoms with Crippen LogP contribution in [0.1, 0.15) is 19.1 Å². The molecule has 5 heteroatoms. The van der Waals surface area contributed by atoms with Crippen LogP contribution in [0.3, 0.4) is 0 Å². The number of aliphatic hydroxyl groups is 1. The Kier molecular flexibility index (Phi) is 2.60. The Bertz CT molecular complexity index is 301. The highest BCUT2D eigenvalue weighted by Crippen LogP contribution is 2.22. The topological polar surface area (TPSA) is 72.2 Å². The molecule has 0 saturated carbocycles. The predicted molar refractivity (Wildman–Crippen MR) is 49.1 cm³/mol. The summed E-state index contributed by atoms with van der Waals surface area (Å²) in [5.74, 6) is 0.498. The van der Waals surface area contributed by atoms with Gasteiger partial charge in [0.15, 0.2) is 0 Å². The summed E-state index contributed by atoms with van der Waals surface area (Å²) < 4.78 is 7.44. The zero-order valence-corrected chi connectivity index (χ0v) is 7.84. The molecular weight excluding hydrogens is 182 g/mol. The molecule has 1 fully saturated rings. The van der Waals surface area contributed by atoms with Gasteiger partial charge < -0.3 is 15.6 Å². The van der Waals surface area contributed by atoms with E-state index in [0.717, 1.165) is 12.8 Å². The summed E-state index contributed by atoms with van der Waals surface area (Å²) in [5, 5.41) is 8.90. The molecule has 0 aliphatic carbocycles. The van der Waals surface area contributed by atoms with Crippen LogP contribution in [-0.2, 0) is 4.74 Å². The minimum atomic E-state index is -0.0370. The monoisotopic (exact) mass is 196 g/mol. The normalized spacial score (nSPS) is 26.6. The number of nitrogen functional groups attached to an aromatic ring is 1. The molecule has 2 rings (SSSR count). The van der Waals surface area contributed by atoms with Crippen molar-refractivity contribution in [3.63, 3.8) is 0 Å². The first-order valence-electron chi connectivity index (χ1n) is 4.68. The van der Waals surface area contributed by atoms with Gasteiger partial charge in [-0.05, 0) is 11.4 Å². The van der Waals surface area contributed by atoms with Crippen LogP contribution in [0.15, 0.2) is 18.6 Å². The molecule has 0 bridgehead atoms. The fraction of sp³-hybridized carbons (Fsp3) is 0.556. The molecule has 1 aliphatic heterocycles. The maximum atomic E-state index is 8.90. The second kappa shape index (κ2) is 3.89. The van der Waals surface area contributed by atoms with E-state index in [2.05, 4.69) is 4.98 Å². The second-order valence-electron chi connectivity index (χ2n) is 3.41. The molecule has 0 spiro atoms. The van der Waals surface area contributed by atoms with Gasteiger partial charge in [0, 0.05) is 12.5 Å². The van der Waals surface area contributed by atoms with E-state index in [1.807, 2.05) is 10.8 Å². The zero-order valence-electron chi connectivity index (χ0n) is 7.84. The first-order valence-corrected chi connectivity index (χ1v) is 4.68. The first kappa shape index (κ1) is 9.36. The average molecular weight is 196 g/mol. The van der Waals surface area contributed by atoms with Gasteiger partial charge in [-0.3, -0.25) is 0 Å². The van der Waals surface area contributed by atoms with Crippen molar-refractivity contribution in [1.82, 2.24) is 4.98 Å². The Labute approximate surface area is 82.1 Å². The van der Waals surface area contributed by atoms with E-state index in [-0.39, 0.29) is 18.9 Å². The lowest BCUT2D eigenvalue weighted by molar-refractivity contribution is -0.761. The Hall–Kier alpha value is -1.20. The predicted octanol–water partition coefficient (Wildman–Crippen LogP) is -0.379. The lowest BCUT2D eigenvalue weighted by atomic mass is 10.2. The van der Waals surface area contributed by atoms with Gasteiger partial charge in [-0.25, -0.2) is 4.57 Å². The first-order chi connectivity index (χ1) is 6.79. The van der Waals surface area contributed by atoms with E-state index in [4.69, 9.17) is 15.6 Å². The van der Waals surface area contributed by atoms with Gasteiger partial charge in [-0.15, -0.1) is 0 Å². The van der Waals surface area contributed by atoms with E-state index in [1.165, 1.54) is 0 Å². The third-order valence-corrected chi connectivity index (χ3v) is 2.38. The fourth-order valence-electron chi connectivity index (χ4n) is 1.59. The van der Waals surface area contributed by atoms with Crippen molar-refractivity contribution in [2.24, 2.45) is 0 Å². The molecule has 1 aromatic heterocycles. The Morgan fingerprint density at radius 3 is 3.07 bits per heavy atom. The van der Waals surface area contributed by atoms with E-state index in [9.17, 15) is 0 Å². The molecule has 2 heterocycles. The van der Waals surface area contributed by atoms with Crippen molar-refractivity contribution in [2.45, 2.75) is 25.2 Å². The fourth-order valence-corrected chi connectivity index (χ4v) is 1.59. The molecule has 0 radical (unpaired) electrons. The summed E-state index contributed by atoms with van der Waals surface area (Å²) in [6, 6.07) is 1.73. The van der Waals surface area contributed by atoms with E-state index in [1.54, 1.807) is 12.4 Å². The van der Waals surface area contributed by atoms with Crippen molar-refractivity contribution in [3.05, 3.63) is 18.6 Å². The van der Waals surface area contributed by atoms with Gasteiger partial charge in [-0.2, -0.15) is 0 Å². The van der Waals surface area contributed by atoms with Gasteiger partial charge >= 0.3 is 0 Å². The van der Waals surface area contributed by atoms with E-state index < -0.39 is 0 Å². The smallest absolute Gasteiger partial charge is 0.290 e. The Morgan fingerprint density at radius 2 is 2.50 bits per heavy atom. The zero-order chi connectivity index (χ0) is 9.97. The number of aromatic nitrogens is 2. The van der Waals surface area contributed by atoms with E-state index >= 15 is 0 Å². The molecule has 1 aliphatic rings. The number of nitrogens with two attached hydrogens (primary N) is 1. The molecule has 1 aromatic rings. The van der Waals surface area contributed by atoms with Crippen LogP contribution in [0.25, 0.3) is 0 Å². The lowest BCUT2D eigenvalue weighted by Crippen LogP contribution is -2.39. The van der Waals surface area contributed by atoms with Crippen LogP contribution in [-0.4, -0.2) is 22.8 Å². The van der Waals surface area contributed by atoms with Gasteiger partial charge in [0.1, 0.15) is 0 Å². The lowest BCUT2D eigenvalue weighted by Gasteiger charge is -2.09. The summed E-state index contributed by atoms with van der Waals surface area (Å²) in [6.07, 6.45) is 5.23. The van der Waals surface area contributed by atoms with Crippen molar-refractivity contribution in [2.75, 3.05) is 12.3 Å². The highest BCUT2D eigenvalue weighted by atomic mass is 16.5. The summed E-state index contributed by atoms with van der Waals surface area (Å²) in [5.41, 5.74) is 5.47. The molecule has 3 N–H and O–H groups in total. The minimum Gasteiger partial charge on any atom is -0.394 e. The Balaban J connectivity index is 2.06. The number of ether oxygens (including phenoxy) is 1. The summed E-state index contributed by atoms with van der Waals surface area (Å²) in [6.45, 7) is 0.0828. The van der Waals surface area contributed by atoms with Gasteiger partial charge in [0.25, 0.3) is 6.33 Å². The third kappa shape index (κ3) is 1.83. The van der Waals surface area contributed by atoms with Crippen molar-refractivity contribution >= 4 is 5.82 Å². The number of hydrogen-bond donors (Lipinski definition) is 2. The Morgan fingerprint density at radius 1 is 1.64 bits per heavy atom. The van der Waals surface area contributed by atoms with Crippen LogP contribution in [0.5, 0.6) is 0 Å². The van der Waals surface area contributed by atoms with Crippen molar-refractivity contribution in [1.29, 1.82) is 0 Å². The second-order valence-corrected chi connectivity index (χ2v) is 3.41. The van der Waals surface area contributed by atoms with Gasteiger partial charge in [0.05, 0.1) is 18.9 Å². The standard InChI is InChI=1S/C9H13N3O2/c10-8-3-4-12(6-11-8)9-2-1-7(5-13)14-9/h3-4,6-7,9-10,13H,1-2,5H2/p+1. The quantitative estimate of drug-likeness (QED) is 0.632. The van der Waals surface area contributed by atoms with Crippen LogP contribution in [0.4, 0.5) is 5.82 Å². The van der Waals surface area contributed by atoms with Gasteiger partial charge in [0.2, 0.25) is 12.0 Å². The van der Waals surface area contributed by atoms with E-state index in [0.29, 0.717) is 5.82 Å². The van der Waals surface area contributed by atoms with Crippen LogP contribution < -0.4 is 10.3 Å².